The van der Waals surface area contributed by atoms with Crippen LogP contribution in [0.2, 0.25) is 0 Å². The SMILES string of the molecule is C=C(CCNC)NCC(=C)NC(CS)Cc1ccc(CCO)cc1. The van der Waals surface area contributed by atoms with Crippen LogP contribution in [0.3, 0.4) is 0 Å². The normalized spacial score (nSPS) is 11.8. The summed E-state index contributed by atoms with van der Waals surface area (Å²) in [4.78, 5) is 0. The molecule has 0 saturated carbocycles. The van der Waals surface area contributed by atoms with Crippen molar-refractivity contribution in [2.24, 2.45) is 0 Å². The van der Waals surface area contributed by atoms with E-state index in [0.29, 0.717) is 13.0 Å². The lowest BCUT2D eigenvalue weighted by Gasteiger charge is -2.21. The van der Waals surface area contributed by atoms with E-state index in [1.165, 1.54) is 5.56 Å². The van der Waals surface area contributed by atoms with E-state index in [1.807, 2.05) is 7.05 Å². The van der Waals surface area contributed by atoms with Gasteiger partial charge in [0, 0.05) is 36.3 Å². The van der Waals surface area contributed by atoms with Gasteiger partial charge < -0.3 is 21.1 Å². The molecule has 134 valence electrons. The fourth-order valence-electron chi connectivity index (χ4n) is 2.35. The minimum absolute atomic E-state index is 0.187. The molecule has 4 nitrogen and oxygen atoms in total. The van der Waals surface area contributed by atoms with Crippen LogP contribution in [-0.4, -0.2) is 43.6 Å². The molecule has 5 heteroatoms. The Morgan fingerprint density at radius 1 is 1.17 bits per heavy atom. The quantitative estimate of drug-likeness (QED) is 0.353. The first-order chi connectivity index (χ1) is 11.6. The van der Waals surface area contributed by atoms with Crippen molar-refractivity contribution in [3.63, 3.8) is 0 Å². The fraction of sp³-hybridized carbons (Fsp3) is 0.474. The number of thiol groups is 1. The topological polar surface area (TPSA) is 56.3 Å². The number of hydrogen-bond acceptors (Lipinski definition) is 5. The van der Waals surface area contributed by atoms with Crippen molar-refractivity contribution in [1.29, 1.82) is 0 Å². The number of rotatable bonds is 13. The predicted octanol–water partition coefficient (Wildman–Crippen LogP) is 1.88. The molecule has 0 bridgehead atoms. The van der Waals surface area contributed by atoms with E-state index in [1.54, 1.807) is 0 Å². The lowest BCUT2D eigenvalue weighted by molar-refractivity contribution is 0.299. The molecule has 1 rings (SSSR count). The smallest absolute Gasteiger partial charge is 0.0538 e. The Bertz CT molecular complexity index is 502. The molecule has 4 N–H and O–H groups in total. The Hall–Kier alpha value is -1.43. The summed E-state index contributed by atoms with van der Waals surface area (Å²) in [6.07, 6.45) is 2.50. The molecule has 0 fully saturated rings. The Morgan fingerprint density at radius 2 is 1.83 bits per heavy atom. The van der Waals surface area contributed by atoms with Gasteiger partial charge in [-0.05, 0) is 37.4 Å². The zero-order chi connectivity index (χ0) is 17.8. The highest BCUT2D eigenvalue weighted by Crippen LogP contribution is 2.09. The van der Waals surface area contributed by atoms with Crippen LogP contribution >= 0.6 is 12.6 Å². The molecule has 1 aromatic carbocycles. The first kappa shape index (κ1) is 20.6. The Labute approximate surface area is 151 Å². The lowest BCUT2D eigenvalue weighted by Crippen LogP contribution is -2.35. The summed E-state index contributed by atoms with van der Waals surface area (Å²) in [5.74, 6) is 0.734. The van der Waals surface area contributed by atoms with E-state index >= 15 is 0 Å². The summed E-state index contributed by atoms with van der Waals surface area (Å²) in [5.41, 5.74) is 4.36. The van der Waals surface area contributed by atoms with Crippen molar-refractivity contribution in [1.82, 2.24) is 16.0 Å². The summed E-state index contributed by atoms with van der Waals surface area (Å²) in [7, 11) is 1.93. The number of benzene rings is 1. The van der Waals surface area contributed by atoms with Crippen molar-refractivity contribution in [3.05, 3.63) is 59.9 Å². The van der Waals surface area contributed by atoms with Gasteiger partial charge in [0.05, 0.1) is 6.54 Å². The third-order valence-electron chi connectivity index (χ3n) is 3.76. The highest BCUT2D eigenvalue weighted by molar-refractivity contribution is 7.80. The summed E-state index contributed by atoms with van der Waals surface area (Å²) >= 11 is 4.45. The maximum absolute atomic E-state index is 8.96. The van der Waals surface area contributed by atoms with Gasteiger partial charge in [0.1, 0.15) is 0 Å². The third kappa shape index (κ3) is 8.43. The fourth-order valence-corrected chi connectivity index (χ4v) is 2.57. The number of nitrogens with one attached hydrogen (secondary N) is 3. The summed E-state index contributed by atoms with van der Waals surface area (Å²) in [5, 5.41) is 18.8. The van der Waals surface area contributed by atoms with Gasteiger partial charge in [-0.1, -0.05) is 37.4 Å². The van der Waals surface area contributed by atoms with Crippen LogP contribution in [0.15, 0.2) is 48.8 Å². The third-order valence-corrected chi connectivity index (χ3v) is 4.20. The molecule has 0 heterocycles. The highest BCUT2D eigenvalue weighted by atomic mass is 32.1. The first-order valence-electron chi connectivity index (χ1n) is 8.39. The van der Waals surface area contributed by atoms with E-state index in [-0.39, 0.29) is 12.6 Å². The minimum Gasteiger partial charge on any atom is -0.396 e. The van der Waals surface area contributed by atoms with Gasteiger partial charge in [0.2, 0.25) is 0 Å². The van der Waals surface area contributed by atoms with Gasteiger partial charge in [-0.25, -0.2) is 0 Å². The molecule has 1 unspecified atom stereocenters. The van der Waals surface area contributed by atoms with Crippen molar-refractivity contribution in [3.8, 4) is 0 Å². The first-order valence-corrected chi connectivity index (χ1v) is 9.02. The molecule has 0 aromatic heterocycles. The molecule has 0 amide bonds. The van der Waals surface area contributed by atoms with Crippen LogP contribution < -0.4 is 16.0 Å². The molecule has 0 aliphatic heterocycles. The van der Waals surface area contributed by atoms with Crippen LogP contribution in [-0.2, 0) is 12.8 Å². The second-order valence-electron chi connectivity index (χ2n) is 5.93. The van der Waals surface area contributed by atoms with Gasteiger partial charge in [-0.15, -0.1) is 0 Å². The van der Waals surface area contributed by atoms with Gasteiger partial charge in [0.15, 0.2) is 0 Å². The molecule has 0 spiro atoms. The zero-order valence-corrected chi connectivity index (χ0v) is 15.5. The van der Waals surface area contributed by atoms with Crippen LogP contribution in [0.1, 0.15) is 17.5 Å². The predicted molar refractivity (Wildman–Crippen MR) is 107 cm³/mol. The van der Waals surface area contributed by atoms with Gasteiger partial charge >= 0.3 is 0 Å². The molecule has 24 heavy (non-hydrogen) atoms. The highest BCUT2D eigenvalue weighted by Gasteiger charge is 2.09. The summed E-state index contributed by atoms with van der Waals surface area (Å²) in [6.45, 7) is 9.85. The van der Waals surface area contributed by atoms with E-state index in [9.17, 15) is 0 Å². The lowest BCUT2D eigenvalue weighted by atomic mass is 10.0. The van der Waals surface area contributed by atoms with Gasteiger partial charge in [-0.3, -0.25) is 0 Å². The molecule has 0 aliphatic rings. The van der Waals surface area contributed by atoms with E-state index < -0.39 is 0 Å². The summed E-state index contributed by atoms with van der Waals surface area (Å²) in [6, 6.07) is 8.61. The maximum atomic E-state index is 8.96. The van der Waals surface area contributed by atoms with Crippen LogP contribution in [0.5, 0.6) is 0 Å². The number of aliphatic hydroxyl groups is 1. The molecule has 0 aliphatic carbocycles. The van der Waals surface area contributed by atoms with Crippen molar-refractivity contribution in [2.45, 2.75) is 25.3 Å². The second-order valence-corrected chi connectivity index (χ2v) is 6.30. The molecule has 0 radical (unpaired) electrons. The standard InChI is InChI=1S/C19H31N3OS/c1-15(8-10-20-3)21-13-16(2)22-19(14-24)12-18-6-4-17(5-7-18)9-11-23/h4-7,19-24H,1-2,8-14H2,3H3. The average molecular weight is 350 g/mol. The largest absolute Gasteiger partial charge is 0.396 e. The average Bonchev–Trinajstić information content (AvgIpc) is 2.59. The van der Waals surface area contributed by atoms with Crippen molar-refractivity contribution in [2.75, 3.05) is 32.5 Å². The Morgan fingerprint density at radius 3 is 2.42 bits per heavy atom. The van der Waals surface area contributed by atoms with Gasteiger partial charge in [0.25, 0.3) is 0 Å². The zero-order valence-electron chi connectivity index (χ0n) is 14.6. The van der Waals surface area contributed by atoms with E-state index in [4.69, 9.17) is 5.11 Å². The molecule has 1 aromatic rings. The van der Waals surface area contributed by atoms with Crippen LogP contribution in [0.25, 0.3) is 0 Å². The monoisotopic (exact) mass is 349 g/mol. The van der Waals surface area contributed by atoms with Crippen LogP contribution in [0.4, 0.5) is 0 Å². The molecular formula is C19H31N3OS. The van der Waals surface area contributed by atoms with E-state index in [2.05, 4.69) is 66.0 Å². The van der Waals surface area contributed by atoms with Crippen molar-refractivity contribution < 1.29 is 5.11 Å². The second kappa shape index (κ2) is 12.0. The van der Waals surface area contributed by atoms with Crippen LogP contribution in [0, 0.1) is 0 Å². The molecular weight excluding hydrogens is 318 g/mol. The van der Waals surface area contributed by atoms with Crippen molar-refractivity contribution >= 4 is 12.6 Å². The minimum atomic E-state index is 0.187. The molecule has 0 saturated heterocycles. The number of hydrogen-bond donors (Lipinski definition) is 5. The maximum Gasteiger partial charge on any atom is 0.0538 e. The Kier molecular flexibility index (Phi) is 10.3. The number of aliphatic hydroxyl groups excluding tert-OH is 1. The van der Waals surface area contributed by atoms with E-state index in [0.717, 1.165) is 42.1 Å². The summed E-state index contributed by atoms with van der Waals surface area (Å²) < 4.78 is 0. The molecule has 1 atom stereocenters. The Balaban J connectivity index is 2.40. The van der Waals surface area contributed by atoms with Gasteiger partial charge in [-0.2, -0.15) is 12.6 Å².